The van der Waals surface area contributed by atoms with Gasteiger partial charge in [-0.2, -0.15) is 0 Å². The number of nitrogens with one attached hydrogen (secondary N) is 1. The van der Waals surface area contributed by atoms with Crippen LogP contribution in [-0.4, -0.2) is 37.5 Å². The first kappa shape index (κ1) is 26.3. The van der Waals surface area contributed by atoms with Crippen molar-refractivity contribution in [2.24, 2.45) is 0 Å². The fourth-order valence-electron chi connectivity index (χ4n) is 4.52. The quantitative estimate of drug-likeness (QED) is 0.381. The molecule has 1 saturated heterocycles. The molecular weight excluding hydrogens is 444 g/mol. The molecule has 1 unspecified atom stereocenters. The van der Waals surface area contributed by atoms with Crippen molar-refractivity contribution in [1.82, 2.24) is 5.32 Å². The highest BCUT2D eigenvalue weighted by molar-refractivity contribution is 5.93. The minimum absolute atomic E-state index is 0.0989. The van der Waals surface area contributed by atoms with E-state index in [1.54, 1.807) is 19.1 Å². The summed E-state index contributed by atoms with van der Waals surface area (Å²) in [4.78, 5) is 39.3. The Hall–Kier alpha value is -3.35. The number of ether oxygens (including phenoxy) is 2. The molecule has 1 aliphatic heterocycles. The van der Waals surface area contributed by atoms with Crippen LogP contribution in [0.2, 0.25) is 0 Å². The lowest BCUT2D eigenvalue weighted by Gasteiger charge is -2.32. The van der Waals surface area contributed by atoms with Crippen LogP contribution < -0.4 is 15.0 Å². The van der Waals surface area contributed by atoms with Gasteiger partial charge in [0.25, 0.3) is 0 Å². The lowest BCUT2D eigenvalue weighted by atomic mass is 9.97. The van der Waals surface area contributed by atoms with Gasteiger partial charge in [0, 0.05) is 25.7 Å². The number of amides is 1. The highest BCUT2D eigenvalue weighted by Crippen LogP contribution is 2.31. The van der Waals surface area contributed by atoms with E-state index in [9.17, 15) is 14.4 Å². The van der Waals surface area contributed by atoms with Crippen molar-refractivity contribution in [3.8, 4) is 5.75 Å². The lowest BCUT2D eigenvalue weighted by Crippen LogP contribution is -2.34. The molecule has 0 saturated carbocycles. The normalized spacial score (nSPS) is 14.2. The van der Waals surface area contributed by atoms with E-state index in [0.29, 0.717) is 5.56 Å². The third-order valence-electron chi connectivity index (χ3n) is 6.08. The average Bonchev–Trinajstić information content (AvgIpc) is 2.84. The topological polar surface area (TPSA) is 84.9 Å². The van der Waals surface area contributed by atoms with Crippen molar-refractivity contribution in [3.63, 3.8) is 0 Å². The van der Waals surface area contributed by atoms with Crippen LogP contribution in [0.5, 0.6) is 5.75 Å². The highest BCUT2D eigenvalue weighted by Gasteiger charge is 2.22. The molecule has 0 aromatic heterocycles. The lowest BCUT2D eigenvalue weighted by molar-refractivity contribution is -0.131. The predicted molar refractivity (Wildman–Crippen MR) is 136 cm³/mol. The molecule has 1 aliphatic rings. The minimum Gasteiger partial charge on any atom is -0.462 e. The number of carbonyl (C=O) groups excluding carboxylic acids is 3. The molecule has 0 bridgehead atoms. The number of carbonyl (C=O) groups is 3. The summed E-state index contributed by atoms with van der Waals surface area (Å²) in [5.41, 5.74) is 3.14. The van der Waals surface area contributed by atoms with Crippen LogP contribution in [0.15, 0.2) is 42.5 Å². The monoisotopic (exact) mass is 480 g/mol. The van der Waals surface area contributed by atoms with Gasteiger partial charge in [-0.1, -0.05) is 37.6 Å². The molecule has 0 radical (unpaired) electrons. The molecule has 7 heteroatoms. The van der Waals surface area contributed by atoms with Gasteiger partial charge in [0.05, 0.1) is 19.1 Å². The Morgan fingerprint density at radius 1 is 1.03 bits per heavy atom. The molecule has 1 amide bonds. The van der Waals surface area contributed by atoms with E-state index in [-0.39, 0.29) is 36.3 Å². The van der Waals surface area contributed by atoms with Gasteiger partial charge >= 0.3 is 11.9 Å². The number of para-hydroxylation sites is 1. The van der Waals surface area contributed by atoms with Crippen LogP contribution in [0.1, 0.15) is 80.4 Å². The molecule has 188 valence electrons. The molecule has 2 aromatic carbocycles. The summed E-state index contributed by atoms with van der Waals surface area (Å²) in [6.45, 7) is 7.37. The maximum atomic E-state index is 13.1. The number of benzene rings is 2. The van der Waals surface area contributed by atoms with Gasteiger partial charge in [-0.3, -0.25) is 9.59 Å². The zero-order valence-corrected chi connectivity index (χ0v) is 21.0. The Bertz CT molecular complexity index is 1030. The number of piperidine rings is 1. The first-order chi connectivity index (χ1) is 16.9. The van der Waals surface area contributed by atoms with Crippen molar-refractivity contribution < 1.29 is 23.9 Å². The maximum absolute atomic E-state index is 13.1. The molecule has 2 aromatic rings. The van der Waals surface area contributed by atoms with E-state index in [1.807, 2.05) is 6.07 Å². The van der Waals surface area contributed by atoms with Crippen LogP contribution in [-0.2, 0) is 20.7 Å². The highest BCUT2D eigenvalue weighted by atomic mass is 16.5. The molecule has 1 fully saturated rings. The van der Waals surface area contributed by atoms with Crippen LogP contribution in [0.4, 0.5) is 5.69 Å². The first-order valence-corrected chi connectivity index (χ1v) is 12.5. The van der Waals surface area contributed by atoms with Gasteiger partial charge in [0.15, 0.2) is 0 Å². The first-order valence-electron chi connectivity index (χ1n) is 12.5. The molecule has 1 atom stereocenters. The molecule has 1 heterocycles. The minimum atomic E-state index is -0.572. The second-order valence-electron chi connectivity index (χ2n) is 8.84. The van der Waals surface area contributed by atoms with E-state index in [1.165, 1.54) is 37.9 Å². The molecule has 3 rings (SSSR count). The molecular formula is C28H36N2O5. The second kappa shape index (κ2) is 12.9. The SMILES string of the molecule is CCCC(NC(=O)Cc1ccc(C(=O)OCC)c(OC(C)=O)c1)c1ccccc1N1CCCCC1. The maximum Gasteiger partial charge on any atom is 0.341 e. The van der Waals surface area contributed by atoms with E-state index in [0.717, 1.165) is 31.5 Å². The summed E-state index contributed by atoms with van der Waals surface area (Å²) in [7, 11) is 0. The molecule has 35 heavy (non-hydrogen) atoms. The molecule has 1 N–H and O–H groups in total. The molecule has 0 spiro atoms. The van der Waals surface area contributed by atoms with Crippen LogP contribution in [0, 0.1) is 0 Å². The van der Waals surface area contributed by atoms with Gasteiger partial charge in [-0.25, -0.2) is 4.79 Å². The Labute approximate surface area is 207 Å². The van der Waals surface area contributed by atoms with E-state index < -0.39 is 11.9 Å². The number of anilines is 1. The average molecular weight is 481 g/mol. The third kappa shape index (κ3) is 7.31. The van der Waals surface area contributed by atoms with Crippen molar-refractivity contribution in [3.05, 3.63) is 59.2 Å². The smallest absolute Gasteiger partial charge is 0.341 e. The Kier molecular flexibility index (Phi) is 9.70. The zero-order chi connectivity index (χ0) is 25.2. The van der Waals surface area contributed by atoms with E-state index in [4.69, 9.17) is 9.47 Å². The van der Waals surface area contributed by atoms with Crippen molar-refractivity contribution in [2.45, 2.75) is 65.3 Å². The van der Waals surface area contributed by atoms with Crippen LogP contribution >= 0.6 is 0 Å². The number of rotatable bonds is 10. The van der Waals surface area contributed by atoms with Gasteiger partial charge in [0.2, 0.25) is 5.91 Å². The summed E-state index contributed by atoms with van der Waals surface area (Å²) in [6, 6.07) is 13.0. The summed E-state index contributed by atoms with van der Waals surface area (Å²) in [5, 5.41) is 3.22. The molecule has 7 nitrogen and oxygen atoms in total. The van der Waals surface area contributed by atoms with Crippen molar-refractivity contribution in [2.75, 3.05) is 24.6 Å². The van der Waals surface area contributed by atoms with E-state index >= 15 is 0 Å². The fraction of sp³-hybridized carbons (Fsp3) is 0.464. The Morgan fingerprint density at radius 3 is 2.46 bits per heavy atom. The summed E-state index contributed by atoms with van der Waals surface area (Å²) >= 11 is 0. The molecule has 0 aliphatic carbocycles. The fourth-order valence-corrected chi connectivity index (χ4v) is 4.52. The number of hydrogen-bond donors (Lipinski definition) is 1. The van der Waals surface area contributed by atoms with Crippen LogP contribution in [0.3, 0.4) is 0 Å². The Balaban J connectivity index is 1.78. The van der Waals surface area contributed by atoms with Gasteiger partial charge < -0.3 is 19.7 Å². The predicted octanol–water partition coefficient (Wildman–Crippen LogP) is 4.98. The number of nitrogens with zero attached hydrogens (tertiary/aromatic N) is 1. The van der Waals surface area contributed by atoms with Gasteiger partial charge in [-0.15, -0.1) is 0 Å². The van der Waals surface area contributed by atoms with Crippen molar-refractivity contribution >= 4 is 23.5 Å². The number of hydrogen-bond acceptors (Lipinski definition) is 6. The zero-order valence-electron chi connectivity index (χ0n) is 21.0. The van der Waals surface area contributed by atoms with E-state index in [2.05, 4.69) is 35.3 Å². The summed E-state index contributed by atoms with van der Waals surface area (Å²) in [6.07, 6.45) is 5.50. The van der Waals surface area contributed by atoms with Crippen molar-refractivity contribution in [1.29, 1.82) is 0 Å². The number of esters is 2. The summed E-state index contributed by atoms with van der Waals surface area (Å²) in [5.74, 6) is -1.15. The Morgan fingerprint density at radius 2 is 1.77 bits per heavy atom. The largest absolute Gasteiger partial charge is 0.462 e. The summed E-state index contributed by atoms with van der Waals surface area (Å²) < 4.78 is 10.3. The second-order valence-corrected chi connectivity index (χ2v) is 8.84. The standard InChI is InChI=1S/C28H36N2O5/c1-4-11-24(22-12-7-8-13-25(22)30-16-9-6-10-17-30)29-27(32)19-21-14-15-23(28(33)34-5-2)26(18-21)35-20(3)31/h7-8,12-15,18,24H,4-6,9-11,16-17,19H2,1-3H3,(H,29,32). The van der Waals surface area contributed by atoms with Gasteiger partial charge in [-0.05, 0) is 61.9 Å². The van der Waals surface area contributed by atoms with Crippen LogP contribution in [0.25, 0.3) is 0 Å². The third-order valence-corrected chi connectivity index (χ3v) is 6.08. The van der Waals surface area contributed by atoms with Gasteiger partial charge in [0.1, 0.15) is 11.3 Å².